The molecule has 8 heteroatoms. The van der Waals surface area contributed by atoms with E-state index in [2.05, 4.69) is 15.2 Å². The summed E-state index contributed by atoms with van der Waals surface area (Å²) in [5, 5.41) is 4.87. The first-order valence-electron chi connectivity index (χ1n) is 10.7. The van der Waals surface area contributed by atoms with E-state index in [1.165, 1.54) is 19.3 Å². The van der Waals surface area contributed by atoms with E-state index in [0.29, 0.717) is 41.3 Å². The monoisotopic (exact) mass is 439 g/mol. The smallest absolute Gasteiger partial charge is 0.253 e. The van der Waals surface area contributed by atoms with Crippen LogP contribution >= 0.6 is 12.2 Å². The second kappa shape index (κ2) is 8.63. The zero-order chi connectivity index (χ0) is 21.2. The topological polar surface area (TPSA) is 79.7 Å². The first-order chi connectivity index (χ1) is 15.2. The zero-order valence-corrected chi connectivity index (χ0v) is 18.0. The second-order valence-electron chi connectivity index (χ2n) is 8.07. The van der Waals surface area contributed by atoms with Crippen LogP contribution < -0.4 is 20.3 Å². The van der Waals surface area contributed by atoms with Crippen LogP contribution in [-0.2, 0) is 13.1 Å². The maximum atomic E-state index is 12.9. The van der Waals surface area contributed by atoms with E-state index < -0.39 is 0 Å². The fourth-order valence-electron chi connectivity index (χ4n) is 4.38. The van der Waals surface area contributed by atoms with Crippen LogP contribution in [0.25, 0.3) is 10.9 Å². The molecule has 1 fully saturated rings. The molecule has 0 radical (unpaired) electrons. The molecule has 1 saturated carbocycles. The number of hydrogen-bond donors (Lipinski definition) is 2. The van der Waals surface area contributed by atoms with Gasteiger partial charge in [0.25, 0.3) is 5.56 Å². The van der Waals surface area contributed by atoms with Gasteiger partial charge >= 0.3 is 0 Å². The Morgan fingerprint density at radius 2 is 1.97 bits per heavy atom. The number of H-pyrrole nitrogens is 1. The average molecular weight is 440 g/mol. The van der Waals surface area contributed by atoms with Gasteiger partial charge in [0.15, 0.2) is 16.6 Å². The lowest BCUT2D eigenvalue weighted by Crippen LogP contribution is -2.46. The van der Waals surface area contributed by atoms with Gasteiger partial charge in [-0.1, -0.05) is 19.3 Å². The number of fused-ring (bicyclic) bond motifs is 2. The second-order valence-corrected chi connectivity index (χ2v) is 8.46. The largest absolute Gasteiger partial charge is 0.467 e. The number of nitrogens with zero attached hydrogens (tertiary/aromatic N) is 1. The molecule has 1 aliphatic carbocycles. The van der Waals surface area contributed by atoms with Crippen LogP contribution in [0.1, 0.15) is 43.4 Å². The zero-order valence-electron chi connectivity index (χ0n) is 17.2. The molecule has 0 unspecified atom stereocenters. The number of hydrogen-bond acceptors (Lipinski definition) is 5. The van der Waals surface area contributed by atoms with Crippen molar-refractivity contribution in [3.8, 4) is 11.5 Å². The summed E-state index contributed by atoms with van der Waals surface area (Å²) in [7, 11) is 0. The summed E-state index contributed by atoms with van der Waals surface area (Å²) in [5.74, 6) is 2.18. The Labute approximate surface area is 185 Å². The minimum Gasteiger partial charge on any atom is -0.467 e. The van der Waals surface area contributed by atoms with Crippen molar-refractivity contribution in [3.05, 3.63) is 58.3 Å². The van der Waals surface area contributed by atoms with Gasteiger partial charge < -0.3 is 29.1 Å². The molecule has 2 N–H and O–H groups in total. The summed E-state index contributed by atoms with van der Waals surface area (Å²) >= 11 is 5.76. The highest BCUT2D eigenvalue weighted by Crippen LogP contribution is 2.35. The molecule has 3 aromatic rings. The van der Waals surface area contributed by atoms with Crippen molar-refractivity contribution in [1.82, 2.24) is 15.2 Å². The molecule has 0 bridgehead atoms. The van der Waals surface area contributed by atoms with Crippen LogP contribution in [0.2, 0.25) is 0 Å². The molecule has 1 aromatic carbocycles. The molecule has 162 valence electrons. The van der Waals surface area contributed by atoms with Crippen molar-refractivity contribution >= 4 is 28.2 Å². The van der Waals surface area contributed by atoms with E-state index in [0.717, 1.165) is 29.5 Å². The molecule has 7 nitrogen and oxygen atoms in total. The molecule has 0 amide bonds. The molecule has 0 atom stereocenters. The molecular formula is C23H25N3O4S. The molecule has 0 spiro atoms. The van der Waals surface area contributed by atoms with Crippen molar-refractivity contribution in [2.45, 2.75) is 51.2 Å². The number of thiocarbonyl (C=S) groups is 1. The number of ether oxygens (including phenoxy) is 2. The Balaban J connectivity index is 1.41. The van der Waals surface area contributed by atoms with E-state index in [9.17, 15) is 4.79 Å². The number of nitrogens with one attached hydrogen (secondary N) is 2. The van der Waals surface area contributed by atoms with E-state index in [4.69, 9.17) is 26.1 Å². The third-order valence-corrected chi connectivity index (χ3v) is 6.40. The molecule has 2 aliphatic rings. The number of aromatic nitrogens is 1. The van der Waals surface area contributed by atoms with Crippen LogP contribution in [0.5, 0.6) is 11.5 Å². The summed E-state index contributed by atoms with van der Waals surface area (Å²) < 4.78 is 16.3. The molecule has 5 rings (SSSR count). The SMILES string of the molecule is O=c1[nH]c2cc3c(cc2cc1CN(C(=S)NCc1ccco1)C1CCCCC1)OCO3. The van der Waals surface area contributed by atoms with Crippen LogP contribution in [0, 0.1) is 0 Å². The fraction of sp³-hybridized carbons (Fsp3) is 0.391. The molecule has 3 heterocycles. The third kappa shape index (κ3) is 4.25. The molecule has 2 aromatic heterocycles. The summed E-state index contributed by atoms with van der Waals surface area (Å²) in [6, 6.07) is 9.75. The Hall–Kier alpha value is -3.00. The van der Waals surface area contributed by atoms with Gasteiger partial charge in [-0.15, -0.1) is 0 Å². The molecular weight excluding hydrogens is 414 g/mol. The third-order valence-electron chi connectivity index (χ3n) is 6.03. The quantitative estimate of drug-likeness (QED) is 0.581. The van der Waals surface area contributed by atoms with Crippen molar-refractivity contribution in [2.24, 2.45) is 0 Å². The average Bonchev–Trinajstić information content (AvgIpc) is 3.47. The van der Waals surface area contributed by atoms with Gasteiger partial charge in [-0.05, 0) is 49.3 Å². The Morgan fingerprint density at radius 1 is 1.16 bits per heavy atom. The predicted octanol–water partition coefficient (Wildman–Crippen LogP) is 4.06. The van der Waals surface area contributed by atoms with Crippen molar-refractivity contribution in [3.63, 3.8) is 0 Å². The lowest BCUT2D eigenvalue weighted by atomic mass is 9.94. The van der Waals surface area contributed by atoms with Crippen LogP contribution in [0.4, 0.5) is 0 Å². The van der Waals surface area contributed by atoms with Crippen LogP contribution in [-0.4, -0.2) is 27.8 Å². The highest BCUT2D eigenvalue weighted by molar-refractivity contribution is 7.80. The number of benzene rings is 1. The van der Waals surface area contributed by atoms with Gasteiger partial charge in [0, 0.05) is 23.1 Å². The summed E-state index contributed by atoms with van der Waals surface area (Å²) in [5.41, 5.74) is 1.31. The number of pyridine rings is 1. The van der Waals surface area contributed by atoms with Crippen molar-refractivity contribution in [1.29, 1.82) is 0 Å². The Bertz CT molecular complexity index is 1140. The van der Waals surface area contributed by atoms with E-state index in [1.807, 2.05) is 30.3 Å². The number of aromatic amines is 1. The van der Waals surface area contributed by atoms with E-state index in [-0.39, 0.29) is 12.4 Å². The molecule has 1 aliphatic heterocycles. The van der Waals surface area contributed by atoms with Gasteiger partial charge in [-0.25, -0.2) is 0 Å². The maximum absolute atomic E-state index is 12.9. The first-order valence-corrected chi connectivity index (χ1v) is 11.1. The highest BCUT2D eigenvalue weighted by atomic mass is 32.1. The lowest BCUT2D eigenvalue weighted by Gasteiger charge is -2.36. The van der Waals surface area contributed by atoms with Crippen LogP contribution in [0.15, 0.2) is 45.8 Å². The van der Waals surface area contributed by atoms with Gasteiger partial charge in [-0.2, -0.15) is 0 Å². The summed E-state index contributed by atoms with van der Waals surface area (Å²) in [4.78, 5) is 18.0. The first kappa shape index (κ1) is 19.9. The normalized spacial score (nSPS) is 15.9. The fourth-order valence-corrected chi connectivity index (χ4v) is 4.66. The van der Waals surface area contributed by atoms with Crippen LogP contribution in [0.3, 0.4) is 0 Å². The molecule has 0 saturated heterocycles. The Kier molecular flexibility index (Phi) is 5.55. The molecule has 31 heavy (non-hydrogen) atoms. The number of furan rings is 1. The highest BCUT2D eigenvalue weighted by Gasteiger charge is 2.25. The standard InChI is InChI=1S/C23H25N3O4S/c27-22-16(9-15-10-20-21(30-14-29-20)11-19(15)25-22)13-26(17-5-2-1-3-6-17)23(31)24-12-18-7-4-8-28-18/h4,7-11,17H,1-3,5-6,12-14H2,(H,24,31)(H,25,27). The summed E-state index contributed by atoms with van der Waals surface area (Å²) in [6.07, 6.45) is 7.41. The minimum atomic E-state index is -0.110. The number of rotatable bonds is 5. The van der Waals surface area contributed by atoms with E-state index in [1.54, 1.807) is 6.26 Å². The van der Waals surface area contributed by atoms with Gasteiger partial charge in [0.1, 0.15) is 5.76 Å². The lowest BCUT2D eigenvalue weighted by molar-refractivity contribution is 0.174. The van der Waals surface area contributed by atoms with Crippen molar-refractivity contribution < 1.29 is 13.9 Å². The van der Waals surface area contributed by atoms with Crippen molar-refractivity contribution in [2.75, 3.05) is 6.79 Å². The van der Waals surface area contributed by atoms with Gasteiger partial charge in [0.2, 0.25) is 6.79 Å². The maximum Gasteiger partial charge on any atom is 0.253 e. The van der Waals surface area contributed by atoms with Gasteiger partial charge in [-0.3, -0.25) is 4.79 Å². The predicted molar refractivity (Wildman–Crippen MR) is 121 cm³/mol. The Morgan fingerprint density at radius 3 is 2.74 bits per heavy atom. The minimum absolute atomic E-state index is 0.110. The van der Waals surface area contributed by atoms with Gasteiger partial charge in [0.05, 0.1) is 24.9 Å². The van der Waals surface area contributed by atoms with E-state index >= 15 is 0 Å². The summed E-state index contributed by atoms with van der Waals surface area (Å²) in [6.45, 7) is 1.18.